The fourth-order valence-electron chi connectivity index (χ4n) is 7.50. The van der Waals surface area contributed by atoms with Gasteiger partial charge < -0.3 is 33.4 Å². The number of halogens is 1. The quantitative estimate of drug-likeness (QED) is 0.143. The monoisotopic (exact) mass is 603 g/mol. The lowest BCUT2D eigenvalue weighted by atomic mass is 9.82. The van der Waals surface area contributed by atoms with E-state index in [-0.39, 0.29) is 49.2 Å². The second-order valence-corrected chi connectivity index (χ2v) is 16.3. The highest BCUT2D eigenvalue weighted by atomic mass is 28.4. The molecule has 0 aliphatic carbocycles. The second kappa shape index (κ2) is 11.7. The van der Waals surface area contributed by atoms with E-state index in [2.05, 4.69) is 0 Å². The summed E-state index contributed by atoms with van der Waals surface area (Å²) in [5, 5.41) is 9.78. The van der Waals surface area contributed by atoms with Crippen molar-refractivity contribution in [2.75, 3.05) is 43.2 Å². The lowest BCUT2D eigenvalue weighted by Crippen LogP contribution is -2.46. The van der Waals surface area contributed by atoms with Gasteiger partial charge in [-0.05, 0) is 57.0 Å². The number of aliphatic hydroxyl groups is 1. The molecule has 4 heterocycles. The Balaban J connectivity index is 1.50. The smallest absolute Gasteiger partial charge is 0.305 e. The van der Waals surface area contributed by atoms with Crippen molar-refractivity contribution in [2.24, 2.45) is 5.92 Å². The first-order valence-electron chi connectivity index (χ1n) is 15.0. The Morgan fingerprint density at radius 1 is 1.21 bits per heavy atom. The van der Waals surface area contributed by atoms with Gasteiger partial charge in [-0.25, -0.2) is 0 Å². The van der Waals surface area contributed by atoms with E-state index in [1.54, 1.807) is 27.8 Å². The van der Waals surface area contributed by atoms with Gasteiger partial charge in [0.05, 0.1) is 38.0 Å². The van der Waals surface area contributed by atoms with Crippen LogP contribution in [-0.2, 0) is 34.3 Å². The van der Waals surface area contributed by atoms with Crippen LogP contribution in [0.2, 0.25) is 18.6 Å². The molecule has 3 saturated heterocycles. The average molecular weight is 604 g/mol. The number of ether oxygens (including phenoxy) is 2. The van der Waals surface area contributed by atoms with Crippen molar-refractivity contribution in [1.29, 1.82) is 0 Å². The SMILES string of the molecule is COC(=O)CCCCN1C(=O)[C@]2(O[C@H](CC(=O)N3CCC[C@H]3CO)[C@@H]([Si](C)(C)F)[C@@H]2C)c2cc(N3CCC3=O)ccc21. The molecule has 1 N–H and O–H groups in total. The zero-order chi connectivity index (χ0) is 30.4. The molecule has 0 bridgehead atoms. The van der Waals surface area contributed by atoms with E-state index < -0.39 is 31.6 Å². The first-order valence-corrected chi connectivity index (χ1v) is 18.0. The van der Waals surface area contributed by atoms with Crippen LogP contribution in [0.3, 0.4) is 0 Å². The van der Waals surface area contributed by atoms with Gasteiger partial charge in [0.15, 0.2) is 5.60 Å². The third kappa shape index (κ3) is 5.15. The van der Waals surface area contributed by atoms with E-state index in [0.717, 1.165) is 12.8 Å². The molecule has 0 saturated carbocycles. The standard InChI is InChI=1S/C30H42FN3O7Si/c1-19-28(42(3,4)31)24(17-26(37)32-14-7-8-21(32)18-35)41-30(19)22-16-20(33-15-12-25(33)36)10-11-23(22)34(29(30)39)13-6-5-9-27(38)40-2/h10-11,16,19,21,24,28,35H,5-9,12-15,17-18H2,1-4H3/t19-,21-,24+,28-,30+/m0/s1. The normalized spacial score (nSPS) is 29.0. The summed E-state index contributed by atoms with van der Waals surface area (Å²) in [5.41, 5.74) is -0.240. The molecule has 5 atom stereocenters. The zero-order valence-corrected chi connectivity index (χ0v) is 25.9. The van der Waals surface area contributed by atoms with Crippen LogP contribution in [0.15, 0.2) is 18.2 Å². The van der Waals surface area contributed by atoms with Gasteiger partial charge in [-0.15, -0.1) is 0 Å². The van der Waals surface area contributed by atoms with Crippen LogP contribution in [0.25, 0.3) is 0 Å². The number of anilines is 2. The summed E-state index contributed by atoms with van der Waals surface area (Å²) in [4.78, 5) is 56.8. The molecule has 5 rings (SSSR count). The topological polar surface area (TPSA) is 117 Å². The number of hydrogen-bond acceptors (Lipinski definition) is 7. The number of nitrogens with zero attached hydrogens (tertiary/aromatic N) is 3. The number of fused-ring (bicyclic) bond motifs is 2. The lowest BCUT2D eigenvalue weighted by molar-refractivity contribution is -0.150. The Hall–Kier alpha value is -2.83. The van der Waals surface area contributed by atoms with Gasteiger partial charge in [0.1, 0.15) is 0 Å². The van der Waals surface area contributed by atoms with Gasteiger partial charge >= 0.3 is 5.97 Å². The predicted octanol–water partition coefficient (Wildman–Crippen LogP) is 3.26. The minimum Gasteiger partial charge on any atom is -0.469 e. The van der Waals surface area contributed by atoms with E-state index in [4.69, 9.17) is 9.47 Å². The van der Waals surface area contributed by atoms with E-state index in [9.17, 15) is 24.3 Å². The maximum Gasteiger partial charge on any atom is 0.305 e. The van der Waals surface area contributed by atoms with Crippen LogP contribution >= 0.6 is 0 Å². The summed E-state index contributed by atoms with van der Waals surface area (Å²) in [6.45, 7) is 6.37. The van der Waals surface area contributed by atoms with Crippen LogP contribution in [0.1, 0.15) is 57.4 Å². The number of amides is 3. The summed E-state index contributed by atoms with van der Waals surface area (Å²) in [7, 11) is -2.13. The number of esters is 1. The van der Waals surface area contributed by atoms with Crippen molar-refractivity contribution in [3.63, 3.8) is 0 Å². The van der Waals surface area contributed by atoms with Crippen LogP contribution < -0.4 is 9.80 Å². The minimum atomic E-state index is -3.47. The molecule has 10 nitrogen and oxygen atoms in total. The molecular formula is C30H42FN3O7Si. The number of unbranched alkanes of at least 4 members (excludes halogenated alkanes) is 1. The minimum absolute atomic E-state index is 0.00363. The Labute approximate surface area is 247 Å². The molecule has 4 aliphatic rings. The number of β-lactam (4-membered cyclic amide) rings is 1. The van der Waals surface area contributed by atoms with Crippen molar-refractivity contribution >= 4 is 43.5 Å². The highest BCUT2D eigenvalue weighted by molar-refractivity contribution is 6.72. The van der Waals surface area contributed by atoms with Crippen LogP contribution in [-0.4, -0.2) is 87.6 Å². The fraction of sp³-hybridized carbons (Fsp3) is 0.667. The number of hydrogen-bond donors (Lipinski definition) is 1. The lowest BCUT2D eigenvalue weighted by Gasteiger charge is -2.33. The average Bonchev–Trinajstić information content (AvgIpc) is 3.60. The molecule has 1 spiro atoms. The van der Waals surface area contributed by atoms with Crippen molar-refractivity contribution < 1.29 is 37.9 Å². The van der Waals surface area contributed by atoms with Crippen LogP contribution in [0, 0.1) is 5.92 Å². The van der Waals surface area contributed by atoms with Crippen LogP contribution in [0.4, 0.5) is 15.5 Å². The first kappa shape index (κ1) is 30.6. The van der Waals surface area contributed by atoms with E-state index in [0.29, 0.717) is 55.8 Å². The van der Waals surface area contributed by atoms with E-state index >= 15 is 4.11 Å². The number of rotatable bonds is 10. The summed E-state index contributed by atoms with van der Waals surface area (Å²) < 4.78 is 27.6. The van der Waals surface area contributed by atoms with Crippen LogP contribution in [0.5, 0.6) is 0 Å². The zero-order valence-electron chi connectivity index (χ0n) is 24.9. The molecule has 0 unspecified atom stereocenters. The van der Waals surface area contributed by atoms with Gasteiger partial charge in [-0.2, -0.15) is 0 Å². The molecule has 3 fully saturated rings. The number of methoxy groups -OCH3 is 1. The molecule has 0 radical (unpaired) electrons. The van der Waals surface area contributed by atoms with Gasteiger partial charge in [-0.3, -0.25) is 19.2 Å². The Morgan fingerprint density at radius 3 is 2.60 bits per heavy atom. The number of benzene rings is 1. The predicted molar refractivity (Wildman–Crippen MR) is 156 cm³/mol. The summed E-state index contributed by atoms with van der Waals surface area (Å²) in [5.74, 6) is -1.39. The molecule has 42 heavy (non-hydrogen) atoms. The van der Waals surface area contributed by atoms with E-state index in [1.165, 1.54) is 7.11 Å². The Kier molecular flexibility index (Phi) is 8.52. The third-order valence-electron chi connectivity index (χ3n) is 9.63. The molecule has 1 aromatic rings. The number of aliphatic hydroxyl groups excluding tert-OH is 1. The van der Waals surface area contributed by atoms with Crippen molar-refractivity contribution in [2.45, 2.75) is 88.3 Å². The maximum absolute atomic E-state index is 16.2. The first-order chi connectivity index (χ1) is 19.9. The van der Waals surface area contributed by atoms with Crippen molar-refractivity contribution in [3.8, 4) is 0 Å². The molecule has 230 valence electrons. The Bertz CT molecular complexity index is 1260. The Morgan fingerprint density at radius 2 is 1.98 bits per heavy atom. The molecular weight excluding hydrogens is 561 g/mol. The largest absolute Gasteiger partial charge is 0.469 e. The number of carbonyl (C=O) groups excluding carboxylic acids is 4. The molecule has 1 aromatic carbocycles. The summed E-state index contributed by atoms with van der Waals surface area (Å²) >= 11 is 0. The summed E-state index contributed by atoms with van der Waals surface area (Å²) in [6, 6.07) is 5.20. The van der Waals surface area contributed by atoms with Gasteiger partial charge in [-0.1, -0.05) is 6.92 Å². The summed E-state index contributed by atoms with van der Waals surface area (Å²) in [6.07, 6.45) is 2.40. The third-order valence-corrected chi connectivity index (χ3v) is 12.1. The molecule has 3 amide bonds. The van der Waals surface area contributed by atoms with Crippen molar-refractivity contribution in [1.82, 2.24) is 4.90 Å². The van der Waals surface area contributed by atoms with Gasteiger partial charge in [0.2, 0.25) is 20.2 Å². The molecule has 4 aliphatic heterocycles. The second-order valence-electron chi connectivity index (χ2n) is 12.5. The fourth-order valence-corrected chi connectivity index (χ4v) is 9.99. The van der Waals surface area contributed by atoms with E-state index in [1.807, 2.05) is 25.1 Å². The highest BCUT2D eigenvalue weighted by Gasteiger charge is 2.67. The number of carbonyl (C=O) groups is 4. The number of likely N-dealkylation sites (tertiary alicyclic amines) is 1. The van der Waals surface area contributed by atoms with Crippen molar-refractivity contribution in [3.05, 3.63) is 23.8 Å². The molecule has 0 aromatic heterocycles. The molecule has 12 heteroatoms. The van der Waals surface area contributed by atoms with Gasteiger partial charge in [0.25, 0.3) is 5.91 Å². The van der Waals surface area contributed by atoms with Gasteiger partial charge in [0, 0.05) is 55.2 Å². The highest BCUT2D eigenvalue weighted by Crippen LogP contribution is 2.60. The maximum atomic E-state index is 16.2.